The monoisotopic (exact) mass is 285 g/mol. The molecule has 3 nitrogen and oxygen atoms in total. The number of aryl methyl sites for hydroxylation is 1. The number of Topliss-reactive ketones (excluding diaryl/α,β-unsaturated/α-hetero) is 1. The Morgan fingerprint density at radius 3 is 2.38 bits per heavy atom. The molecule has 112 valence electrons. The standard InChI is InChI=1S/C18H23NO2/c1-12-7-9-15(10-8-12)19-11-16(21)17(13(2)20)18(19)14-5-3-4-6-14/h7-10,14,18,21H,3-6,11H2,1-2H3. The molecule has 1 aromatic carbocycles. The Bertz CT molecular complexity index is 567. The molecule has 1 heterocycles. The van der Waals surface area contributed by atoms with Gasteiger partial charge in [-0.3, -0.25) is 4.79 Å². The van der Waals surface area contributed by atoms with Crippen LogP contribution in [0.25, 0.3) is 0 Å². The summed E-state index contributed by atoms with van der Waals surface area (Å²) in [6.07, 6.45) is 4.76. The first-order valence-electron chi connectivity index (χ1n) is 7.84. The van der Waals surface area contributed by atoms with Crippen molar-refractivity contribution in [3.05, 3.63) is 41.2 Å². The summed E-state index contributed by atoms with van der Waals surface area (Å²) in [5.41, 5.74) is 2.96. The van der Waals surface area contributed by atoms with Crippen LogP contribution in [-0.4, -0.2) is 23.5 Å². The molecule has 1 fully saturated rings. The van der Waals surface area contributed by atoms with Gasteiger partial charge in [0.05, 0.1) is 18.2 Å². The molecular weight excluding hydrogens is 262 g/mol. The van der Waals surface area contributed by atoms with Crippen molar-refractivity contribution in [1.82, 2.24) is 0 Å². The number of anilines is 1. The Kier molecular flexibility index (Phi) is 3.75. The van der Waals surface area contributed by atoms with Crippen molar-refractivity contribution in [1.29, 1.82) is 0 Å². The van der Waals surface area contributed by atoms with Gasteiger partial charge in [-0.1, -0.05) is 30.5 Å². The van der Waals surface area contributed by atoms with Gasteiger partial charge in [0, 0.05) is 5.69 Å². The molecule has 1 unspecified atom stereocenters. The van der Waals surface area contributed by atoms with Gasteiger partial charge in [-0.2, -0.15) is 0 Å². The minimum absolute atomic E-state index is 0.0130. The van der Waals surface area contributed by atoms with Gasteiger partial charge < -0.3 is 10.0 Å². The third kappa shape index (κ3) is 2.57. The van der Waals surface area contributed by atoms with Gasteiger partial charge in [-0.25, -0.2) is 0 Å². The lowest BCUT2D eigenvalue weighted by atomic mass is 9.90. The number of benzene rings is 1. The number of carbonyl (C=O) groups is 1. The second kappa shape index (κ2) is 5.55. The lowest BCUT2D eigenvalue weighted by Crippen LogP contribution is -2.38. The van der Waals surface area contributed by atoms with Gasteiger partial charge in [0.1, 0.15) is 5.76 Å². The summed E-state index contributed by atoms with van der Waals surface area (Å²) >= 11 is 0. The normalized spacial score (nSPS) is 23.1. The number of nitrogens with zero attached hydrogens (tertiary/aromatic N) is 1. The molecule has 3 heteroatoms. The van der Waals surface area contributed by atoms with Crippen LogP contribution in [0.1, 0.15) is 38.2 Å². The summed E-state index contributed by atoms with van der Waals surface area (Å²) in [7, 11) is 0. The maximum Gasteiger partial charge on any atom is 0.161 e. The zero-order valence-electron chi connectivity index (χ0n) is 12.8. The van der Waals surface area contributed by atoms with Crippen molar-refractivity contribution >= 4 is 11.5 Å². The Balaban J connectivity index is 1.96. The first kappa shape index (κ1) is 14.2. The predicted molar refractivity (Wildman–Crippen MR) is 84.6 cm³/mol. The van der Waals surface area contributed by atoms with E-state index in [-0.39, 0.29) is 17.6 Å². The molecule has 1 N–H and O–H groups in total. The predicted octanol–water partition coefficient (Wildman–Crippen LogP) is 3.77. The molecule has 0 spiro atoms. The second-order valence-electron chi connectivity index (χ2n) is 6.37. The zero-order valence-corrected chi connectivity index (χ0v) is 12.8. The van der Waals surface area contributed by atoms with Crippen LogP contribution in [-0.2, 0) is 4.79 Å². The molecule has 0 saturated heterocycles. The quantitative estimate of drug-likeness (QED) is 0.919. The minimum atomic E-state index is 0.0130. The van der Waals surface area contributed by atoms with Crippen molar-refractivity contribution in [3.63, 3.8) is 0 Å². The summed E-state index contributed by atoms with van der Waals surface area (Å²) in [6.45, 7) is 4.10. The van der Waals surface area contributed by atoms with Gasteiger partial charge in [0.25, 0.3) is 0 Å². The summed E-state index contributed by atoms with van der Waals surface area (Å²) in [5, 5.41) is 10.3. The van der Waals surface area contributed by atoms with E-state index in [4.69, 9.17) is 0 Å². The van der Waals surface area contributed by atoms with Crippen molar-refractivity contribution in [2.24, 2.45) is 5.92 Å². The van der Waals surface area contributed by atoms with Crippen LogP contribution in [0.3, 0.4) is 0 Å². The molecule has 0 bridgehead atoms. The molecule has 0 amide bonds. The van der Waals surface area contributed by atoms with E-state index >= 15 is 0 Å². The van der Waals surface area contributed by atoms with Gasteiger partial charge in [-0.15, -0.1) is 0 Å². The van der Waals surface area contributed by atoms with E-state index < -0.39 is 0 Å². The van der Waals surface area contributed by atoms with Gasteiger partial charge >= 0.3 is 0 Å². The third-order valence-corrected chi connectivity index (χ3v) is 4.85. The Morgan fingerprint density at radius 1 is 1.19 bits per heavy atom. The van der Waals surface area contributed by atoms with Crippen LogP contribution < -0.4 is 4.90 Å². The smallest absolute Gasteiger partial charge is 0.161 e. The highest BCUT2D eigenvalue weighted by atomic mass is 16.3. The highest BCUT2D eigenvalue weighted by molar-refractivity contribution is 5.97. The molecule has 2 aliphatic rings. The van der Waals surface area contributed by atoms with E-state index in [9.17, 15) is 9.90 Å². The average molecular weight is 285 g/mol. The lowest BCUT2D eigenvalue weighted by Gasteiger charge is -2.32. The molecule has 3 rings (SSSR count). The number of rotatable bonds is 3. The molecule has 1 aliphatic carbocycles. The summed E-state index contributed by atoms with van der Waals surface area (Å²) in [4.78, 5) is 14.2. The van der Waals surface area contributed by atoms with Crippen LogP contribution in [0.4, 0.5) is 5.69 Å². The largest absolute Gasteiger partial charge is 0.510 e. The molecule has 0 radical (unpaired) electrons. The second-order valence-corrected chi connectivity index (χ2v) is 6.37. The maximum absolute atomic E-state index is 12.0. The fraction of sp³-hybridized carbons (Fsp3) is 0.500. The summed E-state index contributed by atoms with van der Waals surface area (Å²) in [5.74, 6) is 0.758. The highest BCUT2D eigenvalue weighted by Gasteiger charge is 2.41. The van der Waals surface area contributed by atoms with E-state index in [2.05, 4.69) is 36.1 Å². The summed E-state index contributed by atoms with van der Waals surface area (Å²) < 4.78 is 0. The van der Waals surface area contributed by atoms with Crippen molar-refractivity contribution < 1.29 is 9.90 Å². The average Bonchev–Trinajstić information content (AvgIpc) is 3.06. The molecular formula is C18H23NO2. The topological polar surface area (TPSA) is 40.5 Å². The van der Waals surface area contributed by atoms with Crippen LogP contribution in [0, 0.1) is 12.8 Å². The Labute approximate surface area is 126 Å². The Morgan fingerprint density at radius 2 is 1.81 bits per heavy atom. The van der Waals surface area contributed by atoms with E-state index in [1.54, 1.807) is 6.92 Å². The SMILES string of the molecule is CC(=O)C1=C(O)CN(c2ccc(C)cc2)C1C1CCCC1. The first-order valence-corrected chi connectivity index (χ1v) is 7.84. The van der Waals surface area contributed by atoms with Crippen molar-refractivity contribution in [3.8, 4) is 0 Å². The van der Waals surface area contributed by atoms with Crippen molar-refractivity contribution in [2.75, 3.05) is 11.4 Å². The fourth-order valence-corrected chi connectivity index (χ4v) is 3.83. The van der Waals surface area contributed by atoms with Crippen LogP contribution >= 0.6 is 0 Å². The zero-order chi connectivity index (χ0) is 15.0. The minimum Gasteiger partial charge on any atom is -0.510 e. The first-order chi connectivity index (χ1) is 10.1. The molecule has 0 aromatic heterocycles. The number of ketones is 1. The van der Waals surface area contributed by atoms with Gasteiger partial charge in [0.15, 0.2) is 5.78 Å². The van der Waals surface area contributed by atoms with Crippen molar-refractivity contribution in [2.45, 2.75) is 45.6 Å². The lowest BCUT2D eigenvalue weighted by molar-refractivity contribution is -0.114. The molecule has 1 saturated carbocycles. The number of aliphatic hydroxyl groups excluding tert-OH is 1. The number of carbonyl (C=O) groups excluding carboxylic acids is 1. The molecule has 21 heavy (non-hydrogen) atoms. The highest BCUT2D eigenvalue weighted by Crippen LogP contribution is 2.40. The fourth-order valence-electron chi connectivity index (χ4n) is 3.83. The Hall–Kier alpha value is -1.77. The third-order valence-electron chi connectivity index (χ3n) is 4.85. The van der Waals surface area contributed by atoms with E-state index in [1.165, 1.54) is 18.4 Å². The molecule has 1 aliphatic heterocycles. The van der Waals surface area contributed by atoms with Crippen LogP contribution in [0.5, 0.6) is 0 Å². The number of aliphatic hydroxyl groups is 1. The van der Waals surface area contributed by atoms with Crippen LogP contribution in [0.2, 0.25) is 0 Å². The summed E-state index contributed by atoms with van der Waals surface area (Å²) in [6, 6.07) is 8.40. The van der Waals surface area contributed by atoms with Gasteiger partial charge in [-0.05, 0) is 44.7 Å². The maximum atomic E-state index is 12.0. The van der Waals surface area contributed by atoms with E-state index in [1.807, 2.05) is 0 Å². The van der Waals surface area contributed by atoms with Gasteiger partial charge in [0.2, 0.25) is 0 Å². The number of hydrogen-bond donors (Lipinski definition) is 1. The number of hydrogen-bond acceptors (Lipinski definition) is 3. The van der Waals surface area contributed by atoms with E-state index in [0.29, 0.717) is 18.0 Å². The molecule has 1 aromatic rings. The van der Waals surface area contributed by atoms with E-state index in [0.717, 1.165) is 18.5 Å². The molecule has 1 atom stereocenters. The van der Waals surface area contributed by atoms with Crippen LogP contribution in [0.15, 0.2) is 35.6 Å².